The highest BCUT2D eigenvalue weighted by Gasteiger charge is 2.32. The van der Waals surface area contributed by atoms with Crippen LogP contribution < -0.4 is 5.32 Å². The van der Waals surface area contributed by atoms with E-state index < -0.39 is 17.9 Å². The average Bonchev–Trinajstić information content (AvgIpc) is 3.13. The van der Waals surface area contributed by atoms with Crippen molar-refractivity contribution in [1.82, 2.24) is 4.90 Å². The van der Waals surface area contributed by atoms with Gasteiger partial charge in [-0.2, -0.15) is 0 Å². The van der Waals surface area contributed by atoms with Crippen LogP contribution in [0.2, 0.25) is 0 Å². The lowest BCUT2D eigenvalue weighted by molar-refractivity contribution is -0.142. The number of aliphatic hydroxyl groups excluding tert-OH is 1. The number of aliphatic hydroxyl groups is 1. The number of likely N-dealkylation sites (tertiary alicyclic amines) is 1. The molecule has 2 amide bonds. The predicted molar refractivity (Wildman–Crippen MR) is 96.9 cm³/mol. The molecule has 1 aliphatic heterocycles. The van der Waals surface area contributed by atoms with Crippen LogP contribution in [-0.4, -0.2) is 41.0 Å². The normalized spacial score (nSPS) is 18.0. The number of nitrogens with one attached hydrogen (secondary N) is 1. The minimum atomic E-state index is -0.640. The van der Waals surface area contributed by atoms with Crippen molar-refractivity contribution in [3.05, 3.63) is 54.6 Å². The van der Waals surface area contributed by atoms with Gasteiger partial charge < -0.3 is 15.3 Å². The summed E-state index contributed by atoms with van der Waals surface area (Å²) in [6.45, 7) is 2.65. The molecule has 0 aliphatic carbocycles. The first-order valence-electron chi connectivity index (χ1n) is 8.48. The van der Waals surface area contributed by atoms with E-state index >= 15 is 0 Å². The maximum absolute atomic E-state index is 12.2. The molecule has 0 saturated carbocycles. The molecular weight excluding hydrogens is 316 g/mol. The lowest BCUT2D eigenvalue weighted by Crippen LogP contribution is -2.38. The highest BCUT2D eigenvalue weighted by molar-refractivity contribution is 6.39. The number of anilines is 1. The number of carbonyl (C=O) groups is 2. The molecular formula is C20H22N2O3. The van der Waals surface area contributed by atoms with Gasteiger partial charge in [0.15, 0.2) is 0 Å². The predicted octanol–water partition coefficient (Wildman–Crippen LogP) is 2.52. The van der Waals surface area contributed by atoms with Crippen LogP contribution in [0.4, 0.5) is 5.69 Å². The quantitative estimate of drug-likeness (QED) is 0.845. The van der Waals surface area contributed by atoms with Crippen LogP contribution in [0.3, 0.4) is 0 Å². The van der Waals surface area contributed by atoms with E-state index in [-0.39, 0.29) is 5.92 Å². The Morgan fingerprint density at radius 1 is 1.08 bits per heavy atom. The van der Waals surface area contributed by atoms with Gasteiger partial charge >= 0.3 is 11.8 Å². The summed E-state index contributed by atoms with van der Waals surface area (Å²) in [6.07, 6.45) is 0.258. The van der Waals surface area contributed by atoms with Gasteiger partial charge in [0.05, 0.1) is 6.10 Å². The van der Waals surface area contributed by atoms with Gasteiger partial charge in [0.2, 0.25) is 0 Å². The van der Waals surface area contributed by atoms with E-state index in [9.17, 15) is 14.7 Å². The fourth-order valence-corrected chi connectivity index (χ4v) is 3.07. The van der Waals surface area contributed by atoms with E-state index in [4.69, 9.17) is 0 Å². The standard InChI is InChI=1S/C20H22N2O3/c1-14(23)17-11-12-22(13-17)20(25)19(24)21-18-9-7-16(8-10-18)15-5-3-2-4-6-15/h2-10,14,17,23H,11-13H2,1H3,(H,21,24). The molecule has 1 fully saturated rings. The summed E-state index contributed by atoms with van der Waals surface area (Å²) in [7, 11) is 0. The Bertz CT molecular complexity index is 741. The van der Waals surface area contributed by atoms with Gasteiger partial charge in [-0.15, -0.1) is 0 Å². The second-order valence-electron chi connectivity index (χ2n) is 6.44. The summed E-state index contributed by atoms with van der Waals surface area (Å²) in [5.41, 5.74) is 2.73. The molecule has 2 N–H and O–H groups in total. The second-order valence-corrected chi connectivity index (χ2v) is 6.44. The third-order valence-electron chi connectivity index (χ3n) is 4.64. The number of nitrogens with zero attached hydrogens (tertiary/aromatic N) is 1. The average molecular weight is 338 g/mol. The van der Waals surface area contributed by atoms with Gasteiger partial charge in [-0.1, -0.05) is 42.5 Å². The first-order chi connectivity index (χ1) is 12.0. The van der Waals surface area contributed by atoms with Gasteiger partial charge in [-0.05, 0) is 36.6 Å². The summed E-state index contributed by atoms with van der Waals surface area (Å²) >= 11 is 0. The highest BCUT2D eigenvalue weighted by Crippen LogP contribution is 2.22. The fraction of sp³-hybridized carbons (Fsp3) is 0.300. The Morgan fingerprint density at radius 3 is 2.32 bits per heavy atom. The number of rotatable bonds is 3. The zero-order valence-electron chi connectivity index (χ0n) is 14.2. The Hall–Kier alpha value is -2.66. The second kappa shape index (κ2) is 7.49. The third kappa shape index (κ3) is 4.06. The number of hydrogen-bond acceptors (Lipinski definition) is 3. The van der Waals surface area contributed by atoms with Gasteiger partial charge in [-0.25, -0.2) is 0 Å². The minimum absolute atomic E-state index is 0.0434. The first-order valence-corrected chi connectivity index (χ1v) is 8.48. The van der Waals surface area contributed by atoms with Crippen molar-refractivity contribution in [1.29, 1.82) is 0 Å². The number of hydrogen-bond donors (Lipinski definition) is 2. The van der Waals surface area contributed by atoms with Gasteiger partial charge in [0.1, 0.15) is 0 Å². The smallest absolute Gasteiger partial charge is 0.313 e. The molecule has 130 valence electrons. The molecule has 25 heavy (non-hydrogen) atoms. The highest BCUT2D eigenvalue weighted by atomic mass is 16.3. The minimum Gasteiger partial charge on any atom is -0.393 e. The van der Waals surface area contributed by atoms with Crippen molar-refractivity contribution < 1.29 is 14.7 Å². The SMILES string of the molecule is CC(O)C1CCN(C(=O)C(=O)Nc2ccc(-c3ccccc3)cc2)C1. The Labute approximate surface area is 147 Å². The molecule has 2 aromatic carbocycles. The van der Waals surface area contributed by atoms with Crippen molar-refractivity contribution in [2.75, 3.05) is 18.4 Å². The maximum Gasteiger partial charge on any atom is 0.313 e. The van der Waals surface area contributed by atoms with Gasteiger partial charge in [0, 0.05) is 24.7 Å². The number of carbonyl (C=O) groups excluding carboxylic acids is 2. The number of benzene rings is 2. The van der Waals surface area contributed by atoms with Crippen molar-refractivity contribution in [2.24, 2.45) is 5.92 Å². The molecule has 2 aromatic rings. The van der Waals surface area contributed by atoms with Crippen LogP contribution in [0.15, 0.2) is 54.6 Å². The Kier molecular flexibility index (Phi) is 5.14. The van der Waals surface area contributed by atoms with Crippen molar-refractivity contribution in [3.8, 4) is 11.1 Å². The van der Waals surface area contributed by atoms with Crippen LogP contribution in [0.1, 0.15) is 13.3 Å². The van der Waals surface area contributed by atoms with E-state index in [0.29, 0.717) is 18.8 Å². The number of amides is 2. The first kappa shape index (κ1) is 17.2. The molecule has 0 aromatic heterocycles. The van der Waals surface area contributed by atoms with Gasteiger partial charge in [0.25, 0.3) is 0 Å². The van der Waals surface area contributed by atoms with Crippen LogP contribution in [0, 0.1) is 5.92 Å². The summed E-state index contributed by atoms with van der Waals surface area (Å²) in [5, 5.41) is 12.3. The topological polar surface area (TPSA) is 69.6 Å². The monoisotopic (exact) mass is 338 g/mol. The summed E-state index contributed by atoms with van der Waals surface area (Å²) in [5.74, 6) is -1.14. The molecule has 0 radical (unpaired) electrons. The molecule has 5 heteroatoms. The maximum atomic E-state index is 12.2. The largest absolute Gasteiger partial charge is 0.393 e. The van der Waals surface area contributed by atoms with Crippen LogP contribution in [0.5, 0.6) is 0 Å². The zero-order valence-corrected chi connectivity index (χ0v) is 14.2. The van der Waals surface area contributed by atoms with E-state index in [1.54, 1.807) is 19.1 Å². The van der Waals surface area contributed by atoms with Crippen molar-refractivity contribution in [2.45, 2.75) is 19.4 Å². The van der Waals surface area contributed by atoms with Gasteiger partial charge in [-0.3, -0.25) is 9.59 Å². The lowest BCUT2D eigenvalue weighted by Gasteiger charge is -2.17. The fourth-order valence-electron chi connectivity index (χ4n) is 3.07. The summed E-state index contributed by atoms with van der Waals surface area (Å²) in [4.78, 5) is 25.9. The van der Waals surface area contributed by atoms with E-state index in [1.807, 2.05) is 42.5 Å². The summed E-state index contributed by atoms with van der Waals surface area (Å²) < 4.78 is 0. The summed E-state index contributed by atoms with van der Waals surface area (Å²) in [6, 6.07) is 17.3. The lowest BCUT2D eigenvalue weighted by atomic mass is 10.0. The molecule has 2 unspecified atom stereocenters. The molecule has 2 atom stereocenters. The molecule has 0 bridgehead atoms. The van der Waals surface area contributed by atoms with E-state index in [2.05, 4.69) is 5.32 Å². The molecule has 3 rings (SSSR count). The van der Waals surface area contributed by atoms with Crippen LogP contribution in [0.25, 0.3) is 11.1 Å². The molecule has 1 heterocycles. The Morgan fingerprint density at radius 2 is 1.72 bits per heavy atom. The van der Waals surface area contributed by atoms with E-state index in [0.717, 1.165) is 17.5 Å². The molecule has 0 spiro atoms. The Balaban J connectivity index is 1.60. The molecule has 5 nitrogen and oxygen atoms in total. The van der Waals surface area contributed by atoms with Crippen LogP contribution >= 0.6 is 0 Å². The van der Waals surface area contributed by atoms with Crippen molar-refractivity contribution >= 4 is 17.5 Å². The zero-order chi connectivity index (χ0) is 17.8. The van der Waals surface area contributed by atoms with E-state index in [1.165, 1.54) is 4.90 Å². The third-order valence-corrected chi connectivity index (χ3v) is 4.64. The van der Waals surface area contributed by atoms with Crippen LogP contribution in [-0.2, 0) is 9.59 Å². The molecule has 1 aliphatic rings. The van der Waals surface area contributed by atoms with Crippen molar-refractivity contribution in [3.63, 3.8) is 0 Å². The molecule has 1 saturated heterocycles.